The third kappa shape index (κ3) is 3.34. The van der Waals surface area contributed by atoms with Crippen molar-refractivity contribution in [2.75, 3.05) is 0 Å². The Morgan fingerprint density at radius 1 is 1.32 bits per heavy atom. The first-order chi connectivity index (χ1) is 9.11. The molecule has 0 saturated carbocycles. The number of nitrogens with zero attached hydrogens (tertiary/aromatic N) is 1. The number of hydrogen-bond donors (Lipinski definition) is 2. The fourth-order valence-corrected chi connectivity index (χ4v) is 2.26. The molecule has 6 heteroatoms. The van der Waals surface area contributed by atoms with Crippen molar-refractivity contribution in [2.24, 2.45) is 5.84 Å². The van der Waals surface area contributed by atoms with E-state index in [-0.39, 0.29) is 5.56 Å². The monoisotopic (exact) mass is 327 g/mol. The minimum Gasteiger partial charge on any atom is -0.271 e. The predicted octanol–water partition coefficient (Wildman–Crippen LogP) is 2.87. The summed E-state index contributed by atoms with van der Waals surface area (Å²) in [5.41, 5.74) is 3.56. The summed E-state index contributed by atoms with van der Waals surface area (Å²) in [6, 6.07) is 5.37. The minimum atomic E-state index is -0.884. The lowest BCUT2D eigenvalue weighted by Crippen LogP contribution is -2.30. The molecule has 0 spiro atoms. The maximum absolute atomic E-state index is 13.7. The van der Waals surface area contributed by atoms with Crippen LogP contribution < -0.4 is 11.3 Å². The van der Waals surface area contributed by atoms with Gasteiger partial charge in [0.15, 0.2) is 11.6 Å². The zero-order valence-electron chi connectivity index (χ0n) is 9.91. The van der Waals surface area contributed by atoms with Gasteiger partial charge in [-0.1, -0.05) is 12.1 Å². The first-order valence-electron chi connectivity index (χ1n) is 5.61. The average molecular weight is 328 g/mol. The van der Waals surface area contributed by atoms with Crippen molar-refractivity contribution in [3.8, 4) is 0 Å². The highest BCUT2D eigenvalue weighted by Crippen LogP contribution is 2.23. The average Bonchev–Trinajstić information content (AvgIpc) is 2.40. The number of pyridine rings is 1. The molecule has 3 N–H and O–H groups in total. The first-order valence-corrected chi connectivity index (χ1v) is 6.40. The van der Waals surface area contributed by atoms with Gasteiger partial charge < -0.3 is 0 Å². The summed E-state index contributed by atoms with van der Waals surface area (Å²) in [6.07, 6.45) is 3.72. The molecule has 0 fully saturated rings. The summed E-state index contributed by atoms with van der Waals surface area (Å²) in [6.45, 7) is 0. The van der Waals surface area contributed by atoms with Gasteiger partial charge in [0, 0.05) is 22.4 Å². The molecule has 1 aromatic heterocycles. The molecular weight excluding hydrogens is 316 g/mol. The lowest BCUT2D eigenvalue weighted by molar-refractivity contribution is 0.464. The van der Waals surface area contributed by atoms with Gasteiger partial charge in [0.1, 0.15) is 0 Å². The molecule has 2 rings (SSSR count). The second-order valence-electron chi connectivity index (χ2n) is 4.08. The Balaban J connectivity index is 2.28. The quantitative estimate of drug-likeness (QED) is 0.670. The van der Waals surface area contributed by atoms with Crippen molar-refractivity contribution in [1.82, 2.24) is 10.4 Å². The van der Waals surface area contributed by atoms with Gasteiger partial charge >= 0.3 is 0 Å². The molecule has 0 aliphatic rings. The van der Waals surface area contributed by atoms with Crippen molar-refractivity contribution < 1.29 is 8.78 Å². The van der Waals surface area contributed by atoms with Crippen molar-refractivity contribution in [1.29, 1.82) is 0 Å². The van der Waals surface area contributed by atoms with E-state index in [9.17, 15) is 8.78 Å². The normalized spacial score (nSPS) is 12.4. The first kappa shape index (κ1) is 14.0. The van der Waals surface area contributed by atoms with Crippen LogP contribution in [0.1, 0.15) is 17.2 Å². The largest absolute Gasteiger partial charge is 0.271 e. The molecule has 1 unspecified atom stereocenters. The summed E-state index contributed by atoms with van der Waals surface area (Å²) >= 11 is 3.31. The van der Waals surface area contributed by atoms with E-state index in [2.05, 4.69) is 26.3 Å². The molecule has 1 atom stereocenters. The zero-order valence-corrected chi connectivity index (χ0v) is 11.5. The molecule has 0 amide bonds. The van der Waals surface area contributed by atoms with Crippen LogP contribution in [0.2, 0.25) is 0 Å². The van der Waals surface area contributed by atoms with Crippen LogP contribution in [-0.2, 0) is 6.42 Å². The Labute approximate surface area is 117 Å². The van der Waals surface area contributed by atoms with Gasteiger partial charge in [0.25, 0.3) is 0 Å². The molecule has 0 radical (unpaired) electrons. The number of halogens is 3. The Bertz CT molecular complexity index is 578. The van der Waals surface area contributed by atoms with E-state index in [0.29, 0.717) is 6.42 Å². The standard InChI is InChI=1S/C13H12BrF2N3/c14-9-4-8(6-18-7-9)5-12(19-17)10-2-1-3-11(15)13(10)16/h1-4,6-7,12,19H,5,17H2. The smallest absolute Gasteiger partial charge is 0.163 e. The van der Waals surface area contributed by atoms with E-state index in [1.807, 2.05) is 6.07 Å². The van der Waals surface area contributed by atoms with Gasteiger partial charge in [-0.2, -0.15) is 0 Å². The van der Waals surface area contributed by atoms with Crippen LogP contribution in [0.25, 0.3) is 0 Å². The molecular formula is C13H12BrF2N3. The summed E-state index contributed by atoms with van der Waals surface area (Å²) in [5, 5.41) is 0. The third-order valence-corrected chi connectivity index (χ3v) is 3.19. The van der Waals surface area contributed by atoms with Crippen LogP contribution in [0.15, 0.2) is 41.1 Å². The van der Waals surface area contributed by atoms with Gasteiger partial charge in [0.2, 0.25) is 0 Å². The molecule has 0 aliphatic carbocycles. The number of nitrogens with one attached hydrogen (secondary N) is 1. The van der Waals surface area contributed by atoms with Crippen molar-refractivity contribution in [3.63, 3.8) is 0 Å². The number of benzene rings is 1. The van der Waals surface area contributed by atoms with Crippen LogP contribution in [0.3, 0.4) is 0 Å². The topological polar surface area (TPSA) is 50.9 Å². The lowest BCUT2D eigenvalue weighted by Gasteiger charge is -2.17. The van der Waals surface area contributed by atoms with Gasteiger partial charge in [0.05, 0.1) is 6.04 Å². The second-order valence-corrected chi connectivity index (χ2v) is 4.99. The number of hydrogen-bond acceptors (Lipinski definition) is 3. The van der Waals surface area contributed by atoms with Crippen LogP contribution in [0, 0.1) is 11.6 Å². The van der Waals surface area contributed by atoms with Gasteiger partial charge in [-0.15, -0.1) is 0 Å². The van der Waals surface area contributed by atoms with E-state index in [0.717, 1.165) is 16.1 Å². The molecule has 1 aromatic carbocycles. The van der Waals surface area contributed by atoms with Gasteiger partial charge in [-0.25, -0.2) is 8.78 Å². The lowest BCUT2D eigenvalue weighted by atomic mass is 10.00. The SMILES string of the molecule is NNC(Cc1cncc(Br)c1)c1cccc(F)c1F. The Morgan fingerprint density at radius 2 is 2.11 bits per heavy atom. The highest BCUT2D eigenvalue weighted by Gasteiger charge is 2.17. The van der Waals surface area contributed by atoms with Crippen LogP contribution in [0.5, 0.6) is 0 Å². The molecule has 2 aromatic rings. The maximum atomic E-state index is 13.7. The van der Waals surface area contributed by atoms with Gasteiger partial charge in [-0.05, 0) is 40.0 Å². The fraction of sp³-hybridized carbons (Fsp3) is 0.154. The summed E-state index contributed by atoms with van der Waals surface area (Å²) in [7, 11) is 0. The van der Waals surface area contributed by atoms with Gasteiger partial charge in [-0.3, -0.25) is 16.3 Å². The molecule has 3 nitrogen and oxygen atoms in total. The maximum Gasteiger partial charge on any atom is 0.163 e. The fourth-order valence-electron chi connectivity index (χ4n) is 1.85. The Morgan fingerprint density at radius 3 is 2.79 bits per heavy atom. The molecule has 100 valence electrons. The molecule has 19 heavy (non-hydrogen) atoms. The minimum absolute atomic E-state index is 0.197. The molecule has 1 heterocycles. The van der Waals surface area contributed by atoms with Crippen LogP contribution in [-0.4, -0.2) is 4.98 Å². The summed E-state index contributed by atoms with van der Waals surface area (Å²) in [4.78, 5) is 4.02. The van der Waals surface area contributed by atoms with E-state index in [1.54, 1.807) is 12.4 Å². The van der Waals surface area contributed by atoms with E-state index in [4.69, 9.17) is 5.84 Å². The highest BCUT2D eigenvalue weighted by molar-refractivity contribution is 9.10. The third-order valence-electron chi connectivity index (χ3n) is 2.76. The number of nitrogens with two attached hydrogens (primary N) is 1. The number of aromatic nitrogens is 1. The molecule has 0 bridgehead atoms. The Hall–Kier alpha value is -1.37. The van der Waals surface area contributed by atoms with E-state index in [1.165, 1.54) is 12.1 Å². The number of hydrazine groups is 1. The van der Waals surface area contributed by atoms with Crippen molar-refractivity contribution in [2.45, 2.75) is 12.5 Å². The molecule has 0 aliphatic heterocycles. The zero-order chi connectivity index (χ0) is 13.8. The van der Waals surface area contributed by atoms with E-state index < -0.39 is 17.7 Å². The summed E-state index contributed by atoms with van der Waals surface area (Å²) < 4.78 is 27.8. The van der Waals surface area contributed by atoms with E-state index >= 15 is 0 Å². The molecule has 0 saturated heterocycles. The van der Waals surface area contributed by atoms with Crippen LogP contribution >= 0.6 is 15.9 Å². The Kier molecular flexibility index (Phi) is 4.57. The van der Waals surface area contributed by atoms with Crippen molar-refractivity contribution >= 4 is 15.9 Å². The predicted molar refractivity (Wildman–Crippen MR) is 72.1 cm³/mol. The second kappa shape index (κ2) is 6.18. The summed E-state index contributed by atoms with van der Waals surface area (Å²) in [5.74, 6) is 3.67. The number of rotatable bonds is 4. The van der Waals surface area contributed by atoms with Crippen LogP contribution in [0.4, 0.5) is 8.78 Å². The highest BCUT2D eigenvalue weighted by atomic mass is 79.9. The van der Waals surface area contributed by atoms with Crippen molar-refractivity contribution in [3.05, 3.63) is 63.9 Å².